The fraction of sp³-hybridized carbons (Fsp3) is 0.250. The smallest absolute Gasteiger partial charge is 0.134 e. The van der Waals surface area contributed by atoms with E-state index in [-0.39, 0.29) is 6.04 Å². The molecule has 0 aliphatic carbocycles. The summed E-state index contributed by atoms with van der Waals surface area (Å²) in [6.07, 6.45) is 1.57. The fourth-order valence-electron chi connectivity index (χ4n) is 1.47. The van der Waals surface area contributed by atoms with Crippen molar-refractivity contribution in [2.45, 2.75) is 18.9 Å². The molecule has 0 bridgehead atoms. The lowest BCUT2D eigenvalue weighted by Crippen LogP contribution is -2.44. The summed E-state index contributed by atoms with van der Waals surface area (Å²) in [6.45, 7) is 3.59. The standard InChI is InChI=1S/C12H14ClNO2/c1-2-3-11(14-12(15)16)8-9-4-6-10(13)7-5-9/h2,4-7,11,14H,1,3,8H2,(H,15,16)/p-1. The Morgan fingerprint density at radius 1 is 1.50 bits per heavy atom. The summed E-state index contributed by atoms with van der Waals surface area (Å²) in [4.78, 5) is 10.5. The molecule has 1 aromatic carbocycles. The van der Waals surface area contributed by atoms with E-state index in [1.54, 1.807) is 18.2 Å². The monoisotopic (exact) mass is 238 g/mol. The van der Waals surface area contributed by atoms with Crippen molar-refractivity contribution in [3.05, 3.63) is 47.5 Å². The average Bonchev–Trinajstić information content (AvgIpc) is 2.21. The Kier molecular flexibility index (Phi) is 4.86. The van der Waals surface area contributed by atoms with E-state index < -0.39 is 6.09 Å². The maximum atomic E-state index is 10.5. The molecule has 0 aromatic heterocycles. The van der Waals surface area contributed by atoms with E-state index >= 15 is 0 Å². The van der Waals surface area contributed by atoms with Crippen LogP contribution in [0.25, 0.3) is 0 Å². The van der Waals surface area contributed by atoms with Gasteiger partial charge in [0.1, 0.15) is 6.09 Å². The van der Waals surface area contributed by atoms with Crippen molar-refractivity contribution in [3.63, 3.8) is 0 Å². The van der Waals surface area contributed by atoms with Crippen molar-refractivity contribution in [2.75, 3.05) is 0 Å². The highest BCUT2D eigenvalue weighted by Gasteiger charge is 2.07. The molecule has 16 heavy (non-hydrogen) atoms. The summed E-state index contributed by atoms with van der Waals surface area (Å²) in [5.74, 6) is 0. The molecule has 1 amide bonds. The predicted molar refractivity (Wildman–Crippen MR) is 62.3 cm³/mol. The van der Waals surface area contributed by atoms with Crippen LogP contribution in [0.15, 0.2) is 36.9 Å². The Labute approximate surface area is 99.7 Å². The summed E-state index contributed by atoms with van der Waals surface area (Å²) >= 11 is 5.76. The minimum absolute atomic E-state index is 0.205. The van der Waals surface area contributed by atoms with E-state index in [0.717, 1.165) is 5.56 Å². The minimum Gasteiger partial charge on any atom is -0.530 e. The van der Waals surface area contributed by atoms with Crippen molar-refractivity contribution in [3.8, 4) is 0 Å². The van der Waals surface area contributed by atoms with E-state index in [1.165, 1.54) is 0 Å². The Balaban J connectivity index is 2.63. The lowest BCUT2D eigenvalue weighted by atomic mass is 10.0. The van der Waals surface area contributed by atoms with Crippen LogP contribution in [0.4, 0.5) is 4.79 Å². The predicted octanol–water partition coefficient (Wildman–Crippen LogP) is 1.76. The van der Waals surface area contributed by atoms with Gasteiger partial charge in [-0.05, 0) is 30.5 Å². The number of benzene rings is 1. The van der Waals surface area contributed by atoms with E-state index in [2.05, 4.69) is 11.9 Å². The van der Waals surface area contributed by atoms with Crippen LogP contribution < -0.4 is 10.4 Å². The van der Waals surface area contributed by atoms with Gasteiger partial charge in [-0.15, -0.1) is 6.58 Å². The molecule has 0 heterocycles. The zero-order chi connectivity index (χ0) is 12.0. The van der Waals surface area contributed by atoms with Gasteiger partial charge in [-0.25, -0.2) is 0 Å². The average molecular weight is 239 g/mol. The number of halogens is 1. The van der Waals surface area contributed by atoms with Crippen LogP contribution in [-0.2, 0) is 6.42 Å². The van der Waals surface area contributed by atoms with E-state index in [4.69, 9.17) is 11.6 Å². The molecule has 1 aromatic rings. The zero-order valence-electron chi connectivity index (χ0n) is 8.78. The van der Waals surface area contributed by atoms with Gasteiger partial charge in [0, 0.05) is 11.1 Å². The molecule has 1 rings (SSSR count). The van der Waals surface area contributed by atoms with Gasteiger partial charge in [0.15, 0.2) is 0 Å². The van der Waals surface area contributed by atoms with Gasteiger partial charge in [-0.3, -0.25) is 0 Å². The van der Waals surface area contributed by atoms with Gasteiger partial charge in [0.05, 0.1) is 0 Å². The molecule has 0 saturated carbocycles. The van der Waals surface area contributed by atoms with E-state index in [1.807, 2.05) is 12.1 Å². The third-order valence-electron chi connectivity index (χ3n) is 2.17. The largest absolute Gasteiger partial charge is 0.530 e. The number of amides is 1. The Bertz CT molecular complexity index is 362. The van der Waals surface area contributed by atoms with Crippen LogP contribution in [0.1, 0.15) is 12.0 Å². The summed E-state index contributed by atoms with van der Waals surface area (Å²) in [6, 6.07) is 7.09. The third kappa shape index (κ3) is 4.36. The summed E-state index contributed by atoms with van der Waals surface area (Å²) in [5, 5.41) is 13.5. The number of hydrogen-bond acceptors (Lipinski definition) is 2. The highest BCUT2D eigenvalue weighted by Crippen LogP contribution is 2.12. The molecule has 0 saturated heterocycles. The van der Waals surface area contributed by atoms with Gasteiger partial charge < -0.3 is 15.2 Å². The summed E-state index contributed by atoms with van der Waals surface area (Å²) < 4.78 is 0. The number of hydrogen-bond donors (Lipinski definition) is 1. The molecule has 1 unspecified atom stereocenters. The van der Waals surface area contributed by atoms with Crippen LogP contribution in [0.2, 0.25) is 5.02 Å². The SMILES string of the molecule is C=CCC(Cc1ccc(Cl)cc1)NC(=O)[O-]. The van der Waals surface area contributed by atoms with Crippen molar-refractivity contribution >= 4 is 17.7 Å². The lowest BCUT2D eigenvalue weighted by molar-refractivity contribution is -0.251. The number of carbonyl (C=O) groups is 1. The molecule has 0 radical (unpaired) electrons. The number of carbonyl (C=O) groups excluding carboxylic acids is 1. The first kappa shape index (κ1) is 12.6. The number of carboxylic acid groups (broad SMARTS) is 1. The number of rotatable bonds is 5. The van der Waals surface area contributed by atoms with Gasteiger partial charge >= 0.3 is 0 Å². The van der Waals surface area contributed by atoms with Gasteiger partial charge in [0.25, 0.3) is 0 Å². The second kappa shape index (κ2) is 6.18. The molecule has 1 atom stereocenters. The molecule has 0 spiro atoms. The molecule has 0 aliphatic rings. The van der Waals surface area contributed by atoms with Gasteiger partial charge in [0.2, 0.25) is 0 Å². The van der Waals surface area contributed by atoms with Crippen LogP contribution in [-0.4, -0.2) is 12.1 Å². The maximum absolute atomic E-state index is 10.5. The van der Waals surface area contributed by atoms with Crippen LogP contribution in [0.3, 0.4) is 0 Å². The third-order valence-corrected chi connectivity index (χ3v) is 2.42. The highest BCUT2D eigenvalue weighted by molar-refractivity contribution is 6.30. The van der Waals surface area contributed by atoms with Crippen LogP contribution in [0, 0.1) is 0 Å². The molecular formula is C12H13ClNO2-. The molecule has 0 aliphatic heterocycles. The van der Waals surface area contributed by atoms with Crippen molar-refractivity contribution in [1.29, 1.82) is 0 Å². The summed E-state index contributed by atoms with van der Waals surface area (Å²) in [5.41, 5.74) is 1.02. The molecule has 1 N–H and O–H groups in total. The Hall–Kier alpha value is -1.48. The number of nitrogens with one attached hydrogen (secondary N) is 1. The minimum atomic E-state index is -1.26. The van der Waals surface area contributed by atoms with Crippen molar-refractivity contribution in [2.24, 2.45) is 0 Å². The Morgan fingerprint density at radius 3 is 2.62 bits per heavy atom. The Morgan fingerprint density at radius 2 is 2.12 bits per heavy atom. The topological polar surface area (TPSA) is 52.2 Å². The first-order valence-corrected chi connectivity index (χ1v) is 5.32. The second-order valence-corrected chi connectivity index (χ2v) is 3.92. The van der Waals surface area contributed by atoms with Gasteiger partial charge in [-0.1, -0.05) is 29.8 Å². The fourth-order valence-corrected chi connectivity index (χ4v) is 1.59. The summed E-state index contributed by atoms with van der Waals surface area (Å²) in [7, 11) is 0. The molecule has 3 nitrogen and oxygen atoms in total. The lowest BCUT2D eigenvalue weighted by Gasteiger charge is -2.18. The van der Waals surface area contributed by atoms with Crippen molar-refractivity contribution in [1.82, 2.24) is 5.32 Å². The molecule has 86 valence electrons. The first-order valence-electron chi connectivity index (χ1n) is 4.94. The van der Waals surface area contributed by atoms with Crippen LogP contribution in [0.5, 0.6) is 0 Å². The normalized spacial score (nSPS) is 11.8. The maximum Gasteiger partial charge on any atom is 0.134 e. The molecule has 0 fully saturated rings. The molecule has 4 heteroatoms. The zero-order valence-corrected chi connectivity index (χ0v) is 9.54. The highest BCUT2D eigenvalue weighted by atomic mass is 35.5. The second-order valence-electron chi connectivity index (χ2n) is 3.48. The molecular weight excluding hydrogens is 226 g/mol. The van der Waals surface area contributed by atoms with E-state index in [9.17, 15) is 9.90 Å². The van der Waals surface area contributed by atoms with Crippen molar-refractivity contribution < 1.29 is 9.90 Å². The quantitative estimate of drug-likeness (QED) is 0.795. The van der Waals surface area contributed by atoms with Crippen LogP contribution >= 0.6 is 11.6 Å². The van der Waals surface area contributed by atoms with E-state index in [0.29, 0.717) is 17.9 Å². The van der Waals surface area contributed by atoms with Gasteiger partial charge in [-0.2, -0.15) is 0 Å². The first-order chi connectivity index (χ1) is 7.61.